The molecule has 4 nitrogen and oxygen atoms in total. The summed E-state index contributed by atoms with van der Waals surface area (Å²) in [5.74, 6) is 0.315. The van der Waals surface area contributed by atoms with Crippen LogP contribution < -0.4 is 5.32 Å². The molecule has 0 aromatic carbocycles. The monoisotopic (exact) mass is 296 g/mol. The van der Waals surface area contributed by atoms with Gasteiger partial charge in [0.15, 0.2) is 0 Å². The quantitative estimate of drug-likeness (QED) is 0.686. The van der Waals surface area contributed by atoms with Crippen molar-refractivity contribution in [3.63, 3.8) is 0 Å². The van der Waals surface area contributed by atoms with Gasteiger partial charge in [-0.15, -0.1) is 17.9 Å². The largest absolute Gasteiger partial charge is 0.395 e. The summed E-state index contributed by atoms with van der Waals surface area (Å²) in [5, 5.41) is 14.1. The minimum Gasteiger partial charge on any atom is -0.395 e. The summed E-state index contributed by atoms with van der Waals surface area (Å²) >= 11 is 1.66. The highest BCUT2D eigenvalue weighted by Crippen LogP contribution is 2.25. The van der Waals surface area contributed by atoms with E-state index < -0.39 is 0 Å². The fourth-order valence-corrected chi connectivity index (χ4v) is 2.96. The summed E-state index contributed by atoms with van der Waals surface area (Å²) in [7, 11) is 0. The molecule has 0 radical (unpaired) electrons. The number of carbonyl (C=O) groups excluding carboxylic acids is 1. The second-order valence-electron chi connectivity index (χ2n) is 5.05. The van der Waals surface area contributed by atoms with Crippen LogP contribution in [0.3, 0.4) is 0 Å². The van der Waals surface area contributed by atoms with E-state index in [1.54, 1.807) is 17.4 Å². The van der Waals surface area contributed by atoms with Gasteiger partial charge in [-0.3, -0.25) is 9.69 Å². The Hall–Kier alpha value is -1.17. The van der Waals surface area contributed by atoms with Crippen molar-refractivity contribution in [3.8, 4) is 0 Å². The predicted molar refractivity (Wildman–Crippen MR) is 83.8 cm³/mol. The molecule has 0 aliphatic heterocycles. The summed E-state index contributed by atoms with van der Waals surface area (Å²) in [5.41, 5.74) is 0. The third kappa shape index (κ3) is 5.45. The molecule has 5 heteroatoms. The van der Waals surface area contributed by atoms with Crippen molar-refractivity contribution in [1.29, 1.82) is 0 Å². The fraction of sp³-hybridized carbons (Fsp3) is 0.533. The SMILES string of the molecule is C=CCN(CCO)CC(=O)NC(c1cccs1)C(C)C. The number of carbonyl (C=O) groups is 1. The summed E-state index contributed by atoms with van der Waals surface area (Å²) in [4.78, 5) is 15.2. The van der Waals surface area contributed by atoms with Crippen molar-refractivity contribution < 1.29 is 9.90 Å². The fourth-order valence-electron chi connectivity index (χ4n) is 2.02. The van der Waals surface area contributed by atoms with E-state index in [9.17, 15) is 4.79 Å². The van der Waals surface area contributed by atoms with Gasteiger partial charge >= 0.3 is 0 Å². The summed E-state index contributed by atoms with van der Waals surface area (Å²) in [6, 6.07) is 4.09. The first kappa shape index (κ1) is 16.9. The van der Waals surface area contributed by atoms with E-state index in [0.717, 1.165) is 0 Å². The standard InChI is InChI=1S/C15H24N2O2S/c1-4-7-17(8-9-18)11-14(19)16-15(12(2)3)13-6-5-10-20-13/h4-6,10,12,15,18H,1,7-9,11H2,2-3H3,(H,16,19). The van der Waals surface area contributed by atoms with Gasteiger partial charge in [-0.25, -0.2) is 0 Å². The van der Waals surface area contributed by atoms with Crippen LogP contribution in [0, 0.1) is 5.92 Å². The molecule has 0 bridgehead atoms. The second kappa shape index (κ2) is 8.89. The zero-order valence-electron chi connectivity index (χ0n) is 12.2. The molecule has 0 aliphatic carbocycles. The first-order valence-electron chi connectivity index (χ1n) is 6.85. The molecule has 0 aliphatic rings. The Kier molecular flexibility index (Phi) is 7.51. The molecule has 1 aromatic heterocycles. The van der Waals surface area contributed by atoms with E-state index >= 15 is 0 Å². The number of nitrogens with one attached hydrogen (secondary N) is 1. The molecule has 0 spiro atoms. The van der Waals surface area contributed by atoms with E-state index in [-0.39, 0.29) is 25.1 Å². The maximum atomic E-state index is 12.1. The number of aliphatic hydroxyl groups excluding tert-OH is 1. The minimum absolute atomic E-state index is 0.0209. The Morgan fingerprint density at radius 3 is 2.85 bits per heavy atom. The lowest BCUT2D eigenvalue weighted by molar-refractivity contribution is -0.123. The maximum Gasteiger partial charge on any atom is 0.234 e. The van der Waals surface area contributed by atoms with Crippen molar-refractivity contribution in [2.24, 2.45) is 5.92 Å². The number of amides is 1. The van der Waals surface area contributed by atoms with Gasteiger partial charge in [-0.05, 0) is 17.4 Å². The van der Waals surface area contributed by atoms with Gasteiger partial charge in [0.2, 0.25) is 5.91 Å². The van der Waals surface area contributed by atoms with Crippen LogP contribution in [0.25, 0.3) is 0 Å². The molecule has 0 saturated carbocycles. The molecule has 2 N–H and O–H groups in total. The highest BCUT2D eigenvalue weighted by atomic mass is 32.1. The average Bonchev–Trinajstić information content (AvgIpc) is 2.89. The molecule has 1 rings (SSSR count). The van der Waals surface area contributed by atoms with Crippen molar-refractivity contribution in [1.82, 2.24) is 10.2 Å². The molecule has 1 aromatic rings. The average molecular weight is 296 g/mol. The number of hydrogen-bond acceptors (Lipinski definition) is 4. The smallest absolute Gasteiger partial charge is 0.234 e. The molecule has 0 fully saturated rings. The summed E-state index contributed by atoms with van der Waals surface area (Å²) < 4.78 is 0. The normalized spacial score (nSPS) is 12.7. The van der Waals surface area contributed by atoms with E-state index in [0.29, 0.717) is 19.0 Å². The van der Waals surface area contributed by atoms with Crippen molar-refractivity contribution in [2.75, 3.05) is 26.2 Å². The molecule has 20 heavy (non-hydrogen) atoms. The Bertz CT molecular complexity index is 404. The maximum absolute atomic E-state index is 12.1. The van der Waals surface area contributed by atoms with E-state index in [1.165, 1.54) is 4.88 Å². The molecule has 1 atom stereocenters. The van der Waals surface area contributed by atoms with Crippen LogP contribution in [0.2, 0.25) is 0 Å². The Morgan fingerprint density at radius 2 is 2.35 bits per heavy atom. The summed E-state index contributed by atoms with van der Waals surface area (Å²) in [6.45, 7) is 9.25. The molecular weight excluding hydrogens is 272 g/mol. The molecular formula is C15H24N2O2S. The number of hydrogen-bond donors (Lipinski definition) is 2. The lowest BCUT2D eigenvalue weighted by Crippen LogP contribution is -2.41. The van der Waals surface area contributed by atoms with Crippen molar-refractivity contribution >= 4 is 17.2 Å². The van der Waals surface area contributed by atoms with Crippen molar-refractivity contribution in [3.05, 3.63) is 35.0 Å². The van der Waals surface area contributed by atoms with Gasteiger partial charge < -0.3 is 10.4 Å². The lowest BCUT2D eigenvalue weighted by atomic mass is 10.0. The first-order chi connectivity index (χ1) is 9.58. The first-order valence-corrected chi connectivity index (χ1v) is 7.73. The highest BCUT2D eigenvalue weighted by Gasteiger charge is 2.20. The Morgan fingerprint density at radius 1 is 1.60 bits per heavy atom. The topological polar surface area (TPSA) is 52.6 Å². The lowest BCUT2D eigenvalue weighted by Gasteiger charge is -2.24. The van der Waals surface area contributed by atoms with Gasteiger partial charge in [0.25, 0.3) is 0 Å². The number of nitrogens with zero attached hydrogens (tertiary/aromatic N) is 1. The molecule has 0 saturated heterocycles. The number of aliphatic hydroxyl groups is 1. The Labute approximate surface area is 125 Å². The van der Waals surface area contributed by atoms with Gasteiger partial charge in [-0.2, -0.15) is 0 Å². The second-order valence-corrected chi connectivity index (χ2v) is 6.03. The van der Waals surface area contributed by atoms with Crippen LogP contribution in [-0.2, 0) is 4.79 Å². The van der Waals surface area contributed by atoms with Gasteiger partial charge in [-0.1, -0.05) is 26.0 Å². The molecule has 1 unspecified atom stereocenters. The van der Waals surface area contributed by atoms with E-state index in [2.05, 4.69) is 25.7 Å². The van der Waals surface area contributed by atoms with Crippen molar-refractivity contribution in [2.45, 2.75) is 19.9 Å². The number of thiophene rings is 1. The van der Waals surface area contributed by atoms with Gasteiger partial charge in [0.1, 0.15) is 0 Å². The highest BCUT2D eigenvalue weighted by molar-refractivity contribution is 7.10. The molecule has 1 amide bonds. The third-order valence-electron chi connectivity index (χ3n) is 3.00. The van der Waals surface area contributed by atoms with Gasteiger partial charge in [0, 0.05) is 18.0 Å². The van der Waals surface area contributed by atoms with Crippen LogP contribution in [0.1, 0.15) is 24.8 Å². The van der Waals surface area contributed by atoms with Crippen LogP contribution >= 0.6 is 11.3 Å². The van der Waals surface area contributed by atoms with E-state index in [4.69, 9.17) is 5.11 Å². The minimum atomic E-state index is -0.0209. The molecule has 1 heterocycles. The van der Waals surface area contributed by atoms with E-state index in [1.807, 2.05) is 22.4 Å². The van der Waals surface area contributed by atoms with Crippen LogP contribution in [-0.4, -0.2) is 42.2 Å². The predicted octanol–water partition coefficient (Wildman–Crippen LogP) is 2.04. The summed E-state index contributed by atoms with van der Waals surface area (Å²) in [6.07, 6.45) is 1.74. The van der Waals surface area contributed by atoms with Crippen LogP contribution in [0.4, 0.5) is 0 Å². The Balaban J connectivity index is 2.59. The zero-order chi connectivity index (χ0) is 15.0. The third-order valence-corrected chi connectivity index (χ3v) is 3.96. The van der Waals surface area contributed by atoms with Crippen LogP contribution in [0.5, 0.6) is 0 Å². The zero-order valence-corrected chi connectivity index (χ0v) is 13.0. The number of rotatable bonds is 9. The molecule has 112 valence electrons. The van der Waals surface area contributed by atoms with Gasteiger partial charge in [0.05, 0.1) is 19.2 Å². The van der Waals surface area contributed by atoms with Crippen LogP contribution in [0.15, 0.2) is 30.2 Å².